The molecule has 22 heavy (non-hydrogen) atoms. The maximum absolute atomic E-state index is 12.3. The number of piperazine rings is 1. The molecule has 2 atom stereocenters. The lowest BCUT2D eigenvalue weighted by atomic mass is 10.1. The van der Waals surface area contributed by atoms with Crippen molar-refractivity contribution >= 4 is 16.8 Å². The van der Waals surface area contributed by atoms with Gasteiger partial charge in [-0.25, -0.2) is 0 Å². The first-order valence-corrected chi connectivity index (χ1v) is 8.28. The van der Waals surface area contributed by atoms with Crippen LogP contribution in [0.2, 0.25) is 0 Å². The number of fused-ring (bicyclic) bond motifs is 1. The van der Waals surface area contributed by atoms with E-state index < -0.39 is 0 Å². The zero-order valence-electron chi connectivity index (χ0n) is 13.1. The zero-order valence-corrected chi connectivity index (χ0v) is 13.1. The average molecular weight is 297 g/mol. The molecule has 2 unspecified atom stereocenters. The number of aromatic nitrogens is 1. The van der Waals surface area contributed by atoms with E-state index in [-0.39, 0.29) is 0 Å². The van der Waals surface area contributed by atoms with Gasteiger partial charge in [-0.2, -0.15) is 0 Å². The Morgan fingerprint density at radius 1 is 1.23 bits per heavy atom. The molecule has 116 valence electrons. The molecule has 4 nitrogen and oxygen atoms in total. The third-order valence-corrected chi connectivity index (χ3v) is 5.19. The summed E-state index contributed by atoms with van der Waals surface area (Å²) in [6.07, 6.45) is 3.09. The molecule has 1 aliphatic carbocycles. The third-order valence-electron chi connectivity index (χ3n) is 5.19. The number of benzene rings is 1. The van der Waals surface area contributed by atoms with Gasteiger partial charge in [0.2, 0.25) is 5.91 Å². The van der Waals surface area contributed by atoms with Crippen molar-refractivity contribution in [1.82, 2.24) is 14.8 Å². The number of hydrogen-bond acceptors (Lipinski definition) is 2. The van der Waals surface area contributed by atoms with Crippen LogP contribution in [-0.4, -0.2) is 46.9 Å². The number of carbonyl (C=O) groups excluding carboxylic acids is 1. The summed E-state index contributed by atoms with van der Waals surface area (Å²) in [5.74, 6) is 1.32. The first kappa shape index (κ1) is 13.8. The Morgan fingerprint density at radius 3 is 2.73 bits per heavy atom. The van der Waals surface area contributed by atoms with E-state index in [1.54, 1.807) is 0 Å². The summed E-state index contributed by atoms with van der Waals surface area (Å²) in [5, 5.41) is 1.31. The Morgan fingerprint density at radius 2 is 2.00 bits per heavy atom. The molecule has 2 heterocycles. The van der Waals surface area contributed by atoms with Crippen LogP contribution < -0.4 is 0 Å². The highest BCUT2D eigenvalue weighted by Gasteiger charge is 2.41. The fourth-order valence-corrected chi connectivity index (χ4v) is 3.56. The zero-order chi connectivity index (χ0) is 15.1. The maximum atomic E-state index is 12.3. The summed E-state index contributed by atoms with van der Waals surface area (Å²) in [6.45, 7) is 6.87. The number of nitrogens with one attached hydrogen (secondary N) is 1. The van der Waals surface area contributed by atoms with E-state index >= 15 is 0 Å². The highest BCUT2D eigenvalue weighted by Crippen LogP contribution is 2.39. The average Bonchev–Trinajstić information content (AvgIpc) is 3.07. The minimum absolute atomic E-state index is 0.320. The normalized spacial score (nSPS) is 25.6. The predicted octanol–water partition coefficient (Wildman–Crippen LogP) is 2.47. The van der Waals surface area contributed by atoms with Crippen molar-refractivity contribution in [3.8, 4) is 0 Å². The first-order chi connectivity index (χ1) is 10.7. The van der Waals surface area contributed by atoms with Gasteiger partial charge in [-0.1, -0.05) is 19.1 Å². The van der Waals surface area contributed by atoms with Gasteiger partial charge in [0.1, 0.15) is 0 Å². The number of amides is 1. The van der Waals surface area contributed by atoms with Crippen LogP contribution in [0.3, 0.4) is 0 Å². The van der Waals surface area contributed by atoms with Gasteiger partial charge in [-0.3, -0.25) is 9.69 Å². The Bertz CT molecular complexity index is 684. The van der Waals surface area contributed by atoms with E-state index in [9.17, 15) is 4.79 Å². The number of rotatable bonds is 3. The number of carbonyl (C=O) groups is 1. The second kappa shape index (κ2) is 5.43. The van der Waals surface area contributed by atoms with Crippen LogP contribution in [0.5, 0.6) is 0 Å². The van der Waals surface area contributed by atoms with E-state index in [1.165, 1.54) is 16.5 Å². The number of H-pyrrole nitrogens is 1. The molecule has 1 saturated heterocycles. The van der Waals surface area contributed by atoms with Crippen LogP contribution in [0.15, 0.2) is 30.5 Å². The van der Waals surface area contributed by atoms with E-state index in [0.29, 0.717) is 17.7 Å². The van der Waals surface area contributed by atoms with Gasteiger partial charge >= 0.3 is 0 Å². The fourth-order valence-electron chi connectivity index (χ4n) is 3.56. The quantitative estimate of drug-likeness (QED) is 0.945. The molecule has 0 radical (unpaired) electrons. The molecular weight excluding hydrogens is 274 g/mol. The molecule has 1 amide bonds. The molecule has 2 aliphatic rings. The van der Waals surface area contributed by atoms with Crippen molar-refractivity contribution in [3.63, 3.8) is 0 Å². The Hall–Kier alpha value is -1.81. The highest BCUT2D eigenvalue weighted by molar-refractivity contribution is 5.83. The SMILES string of the molecule is CC1CC1C(=O)N1CCN(Cc2cccc3[nH]ccc23)CC1. The van der Waals surface area contributed by atoms with Crippen molar-refractivity contribution in [2.24, 2.45) is 11.8 Å². The summed E-state index contributed by atoms with van der Waals surface area (Å²) in [6, 6.07) is 8.59. The lowest BCUT2D eigenvalue weighted by molar-refractivity contribution is -0.134. The largest absolute Gasteiger partial charge is 0.361 e. The molecule has 1 aromatic heterocycles. The van der Waals surface area contributed by atoms with Crippen molar-refractivity contribution in [3.05, 3.63) is 36.0 Å². The van der Waals surface area contributed by atoms with Gasteiger partial charge in [0.25, 0.3) is 0 Å². The minimum Gasteiger partial charge on any atom is -0.361 e. The molecule has 4 rings (SSSR count). The Kier molecular flexibility index (Phi) is 3.41. The molecule has 2 fully saturated rings. The summed E-state index contributed by atoms with van der Waals surface area (Å²) in [4.78, 5) is 20.1. The topological polar surface area (TPSA) is 39.3 Å². The van der Waals surface area contributed by atoms with Crippen LogP contribution in [0.25, 0.3) is 10.9 Å². The molecular formula is C18H23N3O. The molecule has 1 aromatic carbocycles. The van der Waals surface area contributed by atoms with Crippen molar-refractivity contribution in [2.75, 3.05) is 26.2 Å². The summed E-state index contributed by atoms with van der Waals surface area (Å²) in [7, 11) is 0. The molecule has 1 N–H and O–H groups in total. The Balaban J connectivity index is 1.38. The van der Waals surface area contributed by atoms with Crippen molar-refractivity contribution in [2.45, 2.75) is 19.9 Å². The first-order valence-electron chi connectivity index (χ1n) is 8.28. The minimum atomic E-state index is 0.320. The van der Waals surface area contributed by atoms with Gasteiger partial charge in [0.05, 0.1) is 0 Å². The van der Waals surface area contributed by atoms with Crippen LogP contribution in [0.1, 0.15) is 18.9 Å². The van der Waals surface area contributed by atoms with E-state index in [4.69, 9.17) is 0 Å². The van der Waals surface area contributed by atoms with Gasteiger partial charge in [-0.05, 0) is 30.0 Å². The molecule has 0 bridgehead atoms. The molecule has 2 aromatic rings. The standard InChI is InChI=1S/C18H23N3O/c1-13-11-16(13)18(22)21-9-7-20(8-10-21)12-14-3-2-4-17-15(14)5-6-19-17/h2-6,13,16,19H,7-12H2,1H3. The molecule has 4 heteroatoms. The van der Waals surface area contributed by atoms with Gasteiger partial charge in [0, 0.05) is 55.7 Å². The Labute approximate surface area is 131 Å². The molecule has 1 aliphatic heterocycles. The summed E-state index contributed by atoms with van der Waals surface area (Å²) in [5.41, 5.74) is 2.57. The predicted molar refractivity (Wildman–Crippen MR) is 87.4 cm³/mol. The van der Waals surface area contributed by atoms with E-state index in [1.807, 2.05) is 6.20 Å². The van der Waals surface area contributed by atoms with Gasteiger partial charge < -0.3 is 9.88 Å². The van der Waals surface area contributed by atoms with Crippen molar-refractivity contribution < 1.29 is 4.79 Å². The smallest absolute Gasteiger partial charge is 0.226 e. The lowest BCUT2D eigenvalue weighted by Crippen LogP contribution is -2.48. The maximum Gasteiger partial charge on any atom is 0.226 e. The molecule has 1 saturated carbocycles. The van der Waals surface area contributed by atoms with Gasteiger partial charge in [-0.15, -0.1) is 0 Å². The second-order valence-electron chi connectivity index (χ2n) is 6.78. The monoisotopic (exact) mass is 297 g/mol. The summed E-state index contributed by atoms with van der Waals surface area (Å²) >= 11 is 0. The second-order valence-corrected chi connectivity index (χ2v) is 6.78. The van der Waals surface area contributed by atoms with Crippen LogP contribution >= 0.6 is 0 Å². The number of nitrogens with zero attached hydrogens (tertiary/aromatic N) is 2. The summed E-state index contributed by atoms with van der Waals surface area (Å²) < 4.78 is 0. The van der Waals surface area contributed by atoms with Crippen molar-refractivity contribution in [1.29, 1.82) is 0 Å². The number of hydrogen-bond donors (Lipinski definition) is 1. The fraction of sp³-hybridized carbons (Fsp3) is 0.500. The van der Waals surface area contributed by atoms with Crippen LogP contribution in [0.4, 0.5) is 0 Å². The molecule has 0 spiro atoms. The highest BCUT2D eigenvalue weighted by atomic mass is 16.2. The van der Waals surface area contributed by atoms with Crippen LogP contribution in [0, 0.1) is 11.8 Å². The van der Waals surface area contributed by atoms with Crippen LogP contribution in [-0.2, 0) is 11.3 Å². The van der Waals surface area contributed by atoms with E-state index in [0.717, 1.165) is 39.1 Å². The third kappa shape index (κ3) is 2.52. The lowest BCUT2D eigenvalue weighted by Gasteiger charge is -2.35. The van der Waals surface area contributed by atoms with E-state index in [2.05, 4.69) is 46.0 Å². The number of aromatic amines is 1. The van der Waals surface area contributed by atoms with Gasteiger partial charge in [0.15, 0.2) is 0 Å².